The molecule has 0 bridgehead atoms. The highest BCUT2D eigenvalue weighted by Crippen LogP contribution is 2.24. The Labute approximate surface area is 117 Å². The fraction of sp³-hybridized carbons (Fsp3) is 0.0833. The average molecular weight is 301 g/mol. The topological polar surface area (TPSA) is 56.0 Å². The SMILES string of the molecule is Nc1cnccc1S(=O)Cc1ccc(Cl)c(Cl)c1. The second-order valence-electron chi connectivity index (χ2n) is 3.65. The quantitative estimate of drug-likeness (QED) is 0.946. The highest BCUT2D eigenvalue weighted by Gasteiger charge is 2.09. The van der Waals surface area contributed by atoms with Gasteiger partial charge in [-0.1, -0.05) is 29.3 Å². The number of benzene rings is 1. The van der Waals surface area contributed by atoms with Crippen LogP contribution < -0.4 is 5.73 Å². The normalized spacial score (nSPS) is 12.3. The largest absolute Gasteiger partial charge is 0.396 e. The maximum atomic E-state index is 12.2. The summed E-state index contributed by atoms with van der Waals surface area (Å²) in [5.41, 5.74) is 7.00. The third-order valence-electron chi connectivity index (χ3n) is 2.34. The second kappa shape index (κ2) is 5.69. The zero-order valence-electron chi connectivity index (χ0n) is 9.27. The van der Waals surface area contributed by atoms with Gasteiger partial charge in [-0.15, -0.1) is 0 Å². The molecule has 1 heterocycles. The van der Waals surface area contributed by atoms with Crippen LogP contribution in [0.25, 0.3) is 0 Å². The Morgan fingerprint density at radius 3 is 2.67 bits per heavy atom. The summed E-state index contributed by atoms with van der Waals surface area (Å²) < 4.78 is 12.2. The highest BCUT2D eigenvalue weighted by atomic mass is 35.5. The fourth-order valence-corrected chi connectivity index (χ4v) is 2.95. The van der Waals surface area contributed by atoms with Crippen molar-refractivity contribution in [2.45, 2.75) is 10.6 Å². The van der Waals surface area contributed by atoms with Crippen molar-refractivity contribution in [1.82, 2.24) is 4.98 Å². The Hall–Kier alpha value is -1.10. The number of nitrogens with two attached hydrogens (primary N) is 1. The van der Waals surface area contributed by atoms with Crippen molar-refractivity contribution < 1.29 is 4.21 Å². The number of halogens is 2. The van der Waals surface area contributed by atoms with Gasteiger partial charge < -0.3 is 5.73 Å². The summed E-state index contributed by atoms with van der Waals surface area (Å²) in [4.78, 5) is 4.44. The highest BCUT2D eigenvalue weighted by molar-refractivity contribution is 7.84. The smallest absolute Gasteiger partial charge is 0.0664 e. The summed E-state index contributed by atoms with van der Waals surface area (Å²) in [6.45, 7) is 0. The summed E-state index contributed by atoms with van der Waals surface area (Å²) in [7, 11) is -1.23. The molecule has 0 aliphatic rings. The van der Waals surface area contributed by atoms with E-state index in [1.807, 2.05) is 0 Å². The molecule has 1 aromatic heterocycles. The van der Waals surface area contributed by atoms with Gasteiger partial charge in [-0.2, -0.15) is 0 Å². The van der Waals surface area contributed by atoms with Crippen LogP contribution in [0.2, 0.25) is 10.0 Å². The number of nitrogens with zero attached hydrogens (tertiary/aromatic N) is 1. The molecule has 0 fully saturated rings. The molecule has 2 N–H and O–H groups in total. The zero-order valence-corrected chi connectivity index (χ0v) is 11.6. The predicted octanol–water partition coefficient (Wildman–Crippen LogP) is 3.28. The third-order valence-corrected chi connectivity index (χ3v) is 4.53. The summed E-state index contributed by atoms with van der Waals surface area (Å²) in [6.07, 6.45) is 3.06. The third kappa shape index (κ3) is 3.02. The minimum absolute atomic E-state index is 0.338. The van der Waals surface area contributed by atoms with Crippen LogP contribution in [0, 0.1) is 0 Å². The minimum atomic E-state index is -1.23. The number of anilines is 1. The van der Waals surface area contributed by atoms with Crippen LogP contribution in [0.4, 0.5) is 5.69 Å². The van der Waals surface area contributed by atoms with Crippen molar-refractivity contribution in [3.8, 4) is 0 Å². The van der Waals surface area contributed by atoms with Gasteiger partial charge >= 0.3 is 0 Å². The van der Waals surface area contributed by atoms with E-state index < -0.39 is 10.8 Å². The van der Waals surface area contributed by atoms with Gasteiger partial charge in [0.1, 0.15) is 0 Å². The summed E-state index contributed by atoms with van der Waals surface area (Å²) in [5.74, 6) is 0.338. The van der Waals surface area contributed by atoms with E-state index in [4.69, 9.17) is 28.9 Å². The lowest BCUT2D eigenvalue weighted by molar-refractivity contribution is 0.683. The van der Waals surface area contributed by atoms with Crippen LogP contribution in [0.1, 0.15) is 5.56 Å². The van der Waals surface area contributed by atoms with E-state index in [2.05, 4.69) is 4.98 Å². The van der Waals surface area contributed by atoms with Gasteiger partial charge in [0.25, 0.3) is 0 Å². The Morgan fingerprint density at radius 1 is 1.22 bits per heavy atom. The molecule has 1 aromatic carbocycles. The van der Waals surface area contributed by atoms with Gasteiger partial charge in [0, 0.05) is 6.20 Å². The van der Waals surface area contributed by atoms with Crippen molar-refractivity contribution in [2.24, 2.45) is 0 Å². The number of hydrogen-bond acceptors (Lipinski definition) is 3. The van der Waals surface area contributed by atoms with E-state index in [-0.39, 0.29) is 0 Å². The number of pyridine rings is 1. The lowest BCUT2D eigenvalue weighted by Crippen LogP contribution is -2.01. The van der Waals surface area contributed by atoms with E-state index in [0.717, 1.165) is 5.56 Å². The number of hydrogen-bond donors (Lipinski definition) is 1. The lowest BCUT2D eigenvalue weighted by atomic mass is 10.2. The molecular formula is C12H10Cl2N2OS. The first-order valence-electron chi connectivity index (χ1n) is 5.09. The Bertz CT molecular complexity index is 604. The molecule has 94 valence electrons. The fourth-order valence-electron chi connectivity index (χ4n) is 1.46. The van der Waals surface area contributed by atoms with E-state index >= 15 is 0 Å². The summed E-state index contributed by atoms with van der Waals surface area (Å²) in [5, 5.41) is 0.934. The van der Waals surface area contributed by atoms with Crippen LogP contribution in [0.15, 0.2) is 41.6 Å². The summed E-state index contributed by atoms with van der Waals surface area (Å²) in [6, 6.07) is 6.85. The Kier molecular flexibility index (Phi) is 4.22. The van der Waals surface area contributed by atoms with Crippen molar-refractivity contribution in [1.29, 1.82) is 0 Å². The monoisotopic (exact) mass is 300 g/mol. The van der Waals surface area contributed by atoms with Gasteiger partial charge in [-0.25, -0.2) is 0 Å². The molecule has 6 heteroatoms. The molecule has 0 aliphatic carbocycles. The Morgan fingerprint density at radius 2 is 2.00 bits per heavy atom. The second-order valence-corrected chi connectivity index (χ2v) is 5.89. The molecule has 0 saturated heterocycles. The van der Waals surface area contributed by atoms with Crippen molar-refractivity contribution in [3.63, 3.8) is 0 Å². The molecule has 0 saturated carbocycles. The van der Waals surface area contributed by atoms with Gasteiger partial charge in [0.15, 0.2) is 0 Å². The van der Waals surface area contributed by atoms with Crippen molar-refractivity contribution in [2.75, 3.05) is 5.73 Å². The number of aromatic nitrogens is 1. The minimum Gasteiger partial charge on any atom is -0.396 e. The standard InChI is InChI=1S/C12H10Cl2N2OS/c13-9-2-1-8(5-10(9)14)7-18(17)12-3-4-16-6-11(12)15/h1-6H,7,15H2. The van der Waals surface area contributed by atoms with E-state index in [9.17, 15) is 4.21 Å². The van der Waals surface area contributed by atoms with Crippen LogP contribution in [-0.4, -0.2) is 9.19 Å². The molecular weight excluding hydrogens is 291 g/mol. The van der Waals surface area contributed by atoms with Gasteiger partial charge in [-0.05, 0) is 23.8 Å². The molecule has 0 aliphatic heterocycles. The molecule has 2 rings (SSSR count). The first-order chi connectivity index (χ1) is 8.58. The molecule has 1 unspecified atom stereocenters. The molecule has 2 aromatic rings. The number of nitrogen functional groups attached to an aromatic ring is 1. The average Bonchev–Trinajstić information content (AvgIpc) is 2.34. The maximum absolute atomic E-state index is 12.2. The van der Waals surface area contributed by atoms with Crippen LogP contribution in [0.3, 0.4) is 0 Å². The van der Waals surface area contributed by atoms with E-state index in [0.29, 0.717) is 26.4 Å². The van der Waals surface area contributed by atoms with Crippen LogP contribution in [0.5, 0.6) is 0 Å². The molecule has 0 spiro atoms. The Balaban J connectivity index is 2.22. The molecule has 1 atom stereocenters. The van der Waals surface area contributed by atoms with Gasteiger partial charge in [0.2, 0.25) is 0 Å². The zero-order chi connectivity index (χ0) is 13.1. The van der Waals surface area contributed by atoms with Crippen molar-refractivity contribution >= 4 is 39.7 Å². The molecule has 0 amide bonds. The first kappa shape index (κ1) is 13.3. The predicted molar refractivity (Wildman–Crippen MR) is 75.2 cm³/mol. The summed E-state index contributed by atoms with van der Waals surface area (Å²) >= 11 is 11.7. The van der Waals surface area contributed by atoms with Crippen LogP contribution in [-0.2, 0) is 16.6 Å². The van der Waals surface area contributed by atoms with E-state index in [1.54, 1.807) is 30.5 Å². The van der Waals surface area contributed by atoms with Gasteiger partial charge in [-0.3, -0.25) is 9.19 Å². The van der Waals surface area contributed by atoms with E-state index in [1.165, 1.54) is 6.20 Å². The maximum Gasteiger partial charge on any atom is 0.0664 e. The number of rotatable bonds is 3. The molecule has 3 nitrogen and oxygen atoms in total. The first-order valence-corrected chi connectivity index (χ1v) is 7.17. The lowest BCUT2D eigenvalue weighted by Gasteiger charge is -2.06. The molecule has 18 heavy (non-hydrogen) atoms. The van der Waals surface area contributed by atoms with Crippen LogP contribution >= 0.6 is 23.2 Å². The van der Waals surface area contributed by atoms with Crippen molar-refractivity contribution in [3.05, 3.63) is 52.3 Å². The van der Waals surface area contributed by atoms with Gasteiger partial charge in [0.05, 0.1) is 43.4 Å². The molecule has 0 radical (unpaired) electrons.